The minimum Gasteiger partial charge on any atom is -0.481 e. The minimum atomic E-state index is -1.06. The van der Waals surface area contributed by atoms with Gasteiger partial charge in [0.05, 0.1) is 6.42 Å². The van der Waals surface area contributed by atoms with Crippen molar-refractivity contribution in [3.63, 3.8) is 0 Å². The van der Waals surface area contributed by atoms with Crippen molar-refractivity contribution in [1.29, 1.82) is 0 Å². The van der Waals surface area contributed by atoms with Gasteiger partial charge in [0.15, 0.2) is 0 Å². The Hall–Kier alpha value is -1.32. The van der Waals surface area contributed by atoms with E-state index in [0.717, 1.165) is 6.08 Å². The number of aliphatic carboxylic acids is 2. The van der Waals surface area contributed by atoms with Crippen molar-refractivity contribution in [2.24, 2.45) is 5.41 Å². The Balaban J connectivity index is 4.21. The molecule has 0 rings (SSSR count). The number of carboxylic acids is 2. The molecule has 0 aliphatic carbocycles. The molecule has 0 aromatic carbocycles. The maximum atomic E-state index is 10.3. The molecular weight excluding hydrogens is 160 g/mol. The Morgan fingerprint density at radius 1 is 1.33 bits per heavy atom. The molecule has 0 aromatic rings. The van der Waals surface area contributed by atoms with Crippen molar-refractivity contribution in [3.05, 3.63) is 12.2 Å². The van der Waals surface area contributed by atoms with Gasteiger partial charge in [-0.25, -0.2) is 4.79 Å². The Kier molecular flexibility index (Phi) is 3.47. The predicted octanol–water partition coefficient (Wildman–Crippen LogP) is 1.13. The summed E-state index contributed by atoms with van der Waals surface area (Å²) in [6.07, 6.45) is 2.27. The lowest BCUT2D eigenvalue weighted by molar-refractivity contribution is -0.139. The van der Waals surface area contributed by atoms with Crippen molar-refractivity contribution in [2.45, 2.75) is 20.3 Å². The maximum Gasteiger partial charge on any atom is 0.327 e. The van der Waals surface area contributed by atoms with E-state index in [0.29, 0.717) is 0 Å². The summed E-state index contributed by atoms with van der Waals surface area (Å²) in [6, 6.07) is 0. The molecule has 0 radical (unpaired) electrons. The molecule has 0 spiro atoms. The third kappa shape index (κ3) is 5.46. The Morgan fingerprint density at radius 3 is 2.17 bits per heavy atom. The van der Waals surface area contributed by atoms with Gasteiger partial charge in [-0.2, -0.15) is 0 Å². The Morgan fingerprint density at radius 2 is 1.83 bits per heavy atom. The molecule has 0 aromatic heterocycles. The highest BCUT2D eigenvalue weighted by atomic mass is 16.4. The average Bonchev–Trinajstić information content (AvgIpc) is 1.81. The lowest BCUT2D eigenvalue weighted by Gasteiger charge is -2.15. The molecule has 68 valence electrons. The molecular formula is C8H12O4. The smallest absolute Gasteiger partial charge is 0.327 e. The molecule has 0 amide bonds. The number of hydrogen-bond donors (Lipinski definition) is 2. The highest BCUT2D eigenvalue weighted by Crippen LogP contribution is 2.21. The van der Waals surface area contributed by atoms with Crippen LogP contribution in [0.4, 0.5) is 0 Å². The number of rotatable bonds is 4. The quantitative estimate of drug-likeness (QED) is 0.623. The van der Waals surface area contributed by atoms with E-state index < -0.39 is 17.4 Å². The SMILES string of the molecule is CC(C)(C=CC(=O)O)CC(=O)O. The average molecular weight is 172 g/mol. The van der Waals surface area contributed by atoms with Gasteiger partial charge in [0.2, 0.25) is 0 Å². The van der Waals surface area contributed by atoms with Crippen LogP contribution in [-0.4, -0.2) is 22.2 Å². The van der Waals surface area contributed by atoms with Crippen molar-refractivity contribution in [2.75, 3.05) is 0 Å². The van der Waals surface area contributed by atoms with Crippen LogP contribution in [0.25, 0.3) is 0 Å². The van der Waals surface area contributed by atoms with Crippen LogP contribution < -0.4 is 0 Å². The molecule has 0 fully saturated rings. The van der Waals surface area contributed by atoms with Gasteiger partial charge in [-0.1, -0.05) is 19.9 Å². The maximum absolute atomic E-state index is 10.3. The van der Waals surface area contributed by atoms with Crippen molar-refractivity contribution >= 4 is 11.9 Å². The van der Waals surface area contributed by atoms with Gasteiger partial charge in [0.1, 0.15) is 0 Å². The van der Waals surface area contributed by atoms with Crippen molar-refractivity contribution < 1.29 is 19.8 Å². The molecule has 2 N–H and O–H groups in total. The third-order valence-electron chi connectivity index (χ3n) is 1.28. The topological polar surface area (TPSA) is 74.6 Å². The van der Waals surface area contributed by atoms with Gasteiger partial charge < -0.3 is 10.2 Å². The van der Waals surface area contributed by atoms with Gasteiger partial charge in [-0.15, -0.1) is 0 Å². The normalized spacial score (nSPS) is 11.8. The van der Waals surface area contributed by atoms with Crippen LogP contribution >= 0.6 is 0 Å². The summed E-state index contributed by atoms with van der Waals surface area (Å²) in [6.45, 7) is 3.33. The van der Waals surface area contributed by atoms with E-state index in [1.54, 1.807) is 13.8 Å². The zero-order valence-corrected chi connectivity index (χ0v) is 7.07. The highest BCUT2D eigenvalue weighted by molar-refractivity contribution is 5.80. The lowest BCUT2D eigenvalue weighted by Crippen LogP contribution is -2.14. The van der Waals surface area contributed by atoms with Crippen LogP contribution in [0.15, 0.2) is 12.2 Å². The van der Waals surface area contributed by atoms with E-state index in [4.69, 9.17) is 10.2 Å². The molecule has 0 aliphatic heterocycles. The zero-order chi connectivity index (χ0) is 9.78. The number of carbonyl (C=O) groups is 2. The summed E-state index contributed by atoms with van der Waals surface area (Å²) in [7, 11) is 0. The van der Waals surface area contributed by atoms with Crippen LogP contribution in [0.1, 0.15) is 20.3 Å². The zero-order valence-electron chi connectivity index (χ0n) is 7.07. The van der Waals surface area contributed by atoms with Gasteiger partial charge in [0.25, 0.3) is 0 Å². The van der Waals surface area contributed by atoms with Crippen LogP contribution in [-0.2, 0) is 9.59 Å². The summed E-state index contributed by atoms with van der Waals surface area (Å²) in [5.41, 5.74) is -0.607. The van der Waals surface area contributed by atoms with Gasteiger partial charge >= 0.3 is 11.9 Å². The molecule has 4 nitrogen and oxygen atoms in total. The summed E-state index contributed by atoms with van der Waals surface area (Å²) in [4.78, 5) is 20.4. The van der Waals surface area contributed by atoms with E-state index in [-0.39, 0.29) is 6.42 Å². The lowest BCUT2D eigenvalue weighted by atomic mass is 9.89. The monoisotopic (exact) mass is 172 g/mol. The van der Waals surface area contributed by atoms with E-state index in [2.05, 4.69) is 0 Å². The van der Waals surface area contributed by atoms with E-state index >= 15 is 0 Å². The molecule has 0 saturated carbocycles. The molecule has 0 aliphatic rings. The molecule has 0 unspecified atom stereocenters. The van der Waals surface area contributed by atoms with E-state index in [9.17, 15) is 9.59 Å². The Bertz CT molecular complexity index is 215. The van der Waals surface area contributed by atoms with Crippen molar-refractivity contribution in [3.8, 4) is 0 Å². The number of carboxylic acid groups (broad SMARTS) is 2. The largest absolute Gasteiger partial charge is 0.481 e. The highest BCUT2D eigenvalue weighted by Gasteiger charge is 2.18. The van der Waals surface area contributed by atoms with Crippen LogP contribution in [0, 0.1) is 5.41 Å². The first-order chi connectivity index (χ1) is 5.33. The van der Waals surface area contributed by atoms with Gasteiger partial charge in [0, 0.05) is 6.08 Å². The fraction of sp³-hybridized carbons (Fsp3) is 0.500. The standard InChI is InChI=1S/C8H12O4/c1-8(2,5-7(11)12)4-3-6(9)10/h3-4H,5H2,1-2H3,(H,9,10)(H,11,12). The summed E-state index contributed by atoms with van der Waals surface area (Å²) in [5.74, 6) is -2.00. The second-order valence-electron chi connectivity index (χ2n) is 3.23. The van der Waals surface area contributed by atoms with Crippen LogP contribution in [0.2, 0.25) is 0 Å². The second kappa shape index (κ2) is 3.90. The summed E-state index contributed by atoms with van der Waals surface area (Å²) >= 11 is 0. The first-order valence-electron chi connectivity index (χ1n) is 3.47. The number of hydrogen-bond acceptors (Lipinski definition) is 2. The first kappa shape index (κ1) is 10.7. The molecule has 0 heterocycles. The Labute approximate surface area is 70.5 Å². The first-order valence-corrected chi connectivity index (χ1v) is 3.47. The predicted molar refractivity (Wildman–Crippen MR) is 42.8 cm³/mol. The van der Waals surface area contributed by atoms with Gasteiger partial charge in [-0.05, 0) is 5.41 Å². The van der Waals surface area contributed by atoms with Crippen LogP contribution in [0.5, 0.6) is 0 Å². The van der Waals surface area contributed by atoms with Crippen LogP contribution in [0.3, 0.4) is 0 Å². The van der Waals surface area contributed by atoms with Gasteiger partial charge in [-0.3, -0.25) is 4.79 Å². The molecule has 0 bridgehead atoms. The molecule has 0 atom stereocenters. The molecule has 0 saturated heterocycles. The van der Waals surface area contributed by atoms with E-state index in [1.807, 2.05) is 0 Å². The second-order valence-corrected chi connectivity index (χ2v) is 3.23. The molecule has 4 heteroatoms. The van der Waals surface area contributed by atoms with Crippen molar-refractivity contribution in [1.82, 2.24) is 0 Å². The third-order valence-corrected chi connectivity index (χ3v) is 1.28. The van der Waals surface area contributed by atoms with E-state index in [1.165, 1.54) is 6.08 Å². The summed E-state index contributed by atoms with van der Waals surface area (Å²) in [5, 5.41) is 16.7. The number of allylic oxidation sites excluding steroid dienone is 1. The fourth-order valence-electron chi connectivity index (χ4n) is 0.746. The minimum absolute atomic E-state index is 0.0726. The fourth-order valence-corrected chi connectivity index (χ4v) is 0.746. The summed E-state index contributed by atoms with van der Waals surface area (Å²) < 4.78 is 0. The molecule has 12 heavy (non-hydrogen) atoms.